The fraction of sp³-hybridized carbons (Fsp3) is 0.621. The molecule has 224 valence electrons. The first-order valence-corrected chi connectivity index (χ1v) is 13.7. The predicted octanol–water partition coefficient (Wildman–Crippen LogP) is 8.33. The van der Waals surface area contributed by atoms with Crippen LogP contribution in [0.5, 0.6) is 5.75 Å². The van der Waals surface area contributed by atoms with Crippen molar-refractivity contribution >= 4 is 6.41 Å². The van der Waals surface area contributed by atoms with E-state index in [4.69, 9.17) is 4.74 Å². The van der Waals surface area contributed by atoms with Crippen LogP contribution >= 0.6 is 0 Å². The monoisotopic (exact) mass is 560 g/mol. The van der Waals surface area contributed by atoms with Gasteiger partial charge < -0.3 is 14.9 Å². The van der Waals surface area contributed by atoms with Crippen molar-refractivity contribution in [3.05, 3.63) is 64.2 Å². The molecule has 1 aromatic rings. The molecule has 1 unspecified atom stereocenters. The number of alkyl halides is 3. The number of amides is 1. The second-order valence-corrected chi connectivity index (χ2v) is 8.51. The lowest BCUT2D eigenvalue weighted by atomic mass is 10.1. The molecule has 0 spiro atoms. The standard InChI is InChI=1S/C16H19F3O.C7H14.C4H8N2O4.C2H6/c17-16(18,19)14-9-5-10-15(12-14)20-11-4-3-8-13-6-1-2-7-13;1-3-5-7-6-4-2;1-4(2-5-3-7)10-6(8)9;1-2/h3,5,8-10,12-13H,1-2,4,6-7,11H2;3,5H,4,6-7H2,1-2H3;3-4H,2H2,1H3,(H,5,7);1-2H3/b8-3+;5-3-;;. The van der Waals surface area contributed by atoms with E-state index in [0.29, 0.717) is 18.9 Å². The van der Waals surface area contributed by atoms with Crippen LogP contribution in [0.1, 0.15) is 91.5 Å². The third-order valence-corrected chi connectivity index (χ3v) is 5.24. The van der Waals surface area contributed by atoms with Gasteiger partial charge in [-0.3, -0.25) is 4.79 Å². The Bertz CT molecular complexity index is 795. The van der Waals surface area contributed by atoms with Crippen LogP contribution in [0.3, 0.4) is 0 Å². The average molecular weight is 561 g/mol. The molecule has 1 N–H and O–H groups in total. The molecule has 0 radical (unpaired) electrons. The molecule has 0 heterocycles. The van der Waals surface area contributed by atoms with Crippen LogP contribution in [0, 0.1) is 16.0 Å². The Morgan fingerprint density at radius 1 is 1.18 bits per heavy atom. The first-order chi connectivity index (χ1) is 18.6. The highest BCUT2D eigenvalue weighted by molar-refractivity contribution is 5.45. The van der Waals surface area contributed by atoms with Crippen LogP contribution in [0.15, 0.2) is 48.6 Å². The Hall–Kier alpha value is -3.04. The quantitative estimate of drug-likeness (QED) is 0.0861. The van der Waals surface area contributed by atoms with Gasteiger partial charge in [0.25, 0.3) is 5.09 Å². The molecule has 1 aliphatic carbocycles. The minimum absolute atomic E-state index is 0.143. The molecular formula is C29H47F3N2O5. The van der Waals surface area contributed by atoms with E-state index in [-0.39, 0.29) is 12.3 Å². The van der Waals surface area contributed by atoms with Gasteiger partial charge in [-0.2, -0.15) is 13.2 Å². The number of allylic oxidation sites excluding steroid dienone is 3. The molecule has 0 saturated heterocycles. The van der Waals surface area contributed by atoms with E-state index in [1.54, 1.807) is 6.07 Å². The van der Waals surface area contributed by atoms with Gasteiger partial charge in [0.15, 0.2) is 0 Å². The average Bonchev–Trinajstić information content (AvgIpc) is 3.42. The van der Waals surface area contributed by atoms with Gasteiger partial charge in [0.1, 0.15) is 11.9 Å². The van der Waals surface area contributed by atoms with Gasteiger partial charge in [0, 0.05) is 6.54 Å². The molecule has 1 fully saturated rings. The molecule has 2 rings (SSSR count). The Morgan fingerprint density at radius 3 is 2.38 bits per heavy atom. The Balaban J connectivity index is 0. The van der Waals surface area contributed by atoms with Gasteiger partial charge in [-0.1, -0.05) is 76.8 Å². The van der Waals surface area contributed by atoms with Gasteiger partial charge in [-0.05, 0) is 63.6 Å². The zero-order valence-corrected chi connectivity index (χ0v) is 24.0. The summed E-state index contributed by atoms with van der Waals surface area (Å²) in [5.41, 5.74) is -0.670. The van der Waals surface area contributed by atoms with Crippen molar-refractivity contribution in [2.75, 3.05) is 13.2 Å². The number of ether oxygens (including phenoxy) is 1. The number of carbonyl (C=O) groups excluding carboxylic acids is 1. The normalized spacial score (nSPS) is 13.7. The molecule has 0 aliphatic heterocycles. The van der Waals surface area contributed by atoms with E-state index < -0.39 is 22.9 Å². The van der Waals surface area contributed by atoms with Gasteiger partial charge in [-0.25, -0.2) is 0 Å². The summed E-state index contributed by atoms with van der Waals surface area (Å²) in [6.45, 7) is 10.3. The topological polar surface area (TPSA) is 90.7 Å². The summed E-state index contributed by atoms with van der Waals surface area (Å²) in [7, 11) is 0. The zero-order chi connectivity index (χ0) is 29.9. The second kappa shape index (κ2) is 25.2. The van der Waals surface area contributed by atoms with Gasteiger partial charge in [0.05, 0.1) is 12.2 Å². The van der Waals surface area contributed by atoms with Crippen molar-refractivity contribution in [2.45, 2.75) is 98.3 Å². The summed E-state index contributed by atoms with van der Waals surface area (Å²) in [5, 5.41) is 11.0. The summed E-state index contributed by atoms with van der Waals surface area (Å²) in [6.07, 6.45) is 13.9. The molecular weight excluding hydrogens is 513 g/mol. The third kappa shape index (κ3) is 23.8. The summed E-state index contributed by atoms with van der Waals surface area (Å²) in [4.78, 5) is 23.4. The molecule has 39 heavy (non-hydrogen) atoms. The van der Waals surface area contributed by atoms with Crippen LogP contribution in [0.25, 0.3) is 0 Å². The van der Waals surface area contributed by atoms with Crippen LogP contribution in [-0.4, -0.2) is 30.8 Å². The molecule has 1 aromatic carbocycles. The van der Waals surface area contributed by atoms with Crippen molar-refractivity contribution in [1.82, 2.24) is 5.32 Å². The van der Waals surface area contributed by atoms with Crippen molar-refractivity contribution in [1.29, 1.82) is 0 Å². The number of benzene rings is 1. The van der Waals surface area contributed by atoms with Crippen LogP contribution in [0.4, 0.5) is 13.2 Å². The number of unbranched alkanes of at least 4 members (excludes halogenated alkanes) is 2. The summed E-state index contributed by atoms with van der Waals surface area (Å²) < 4.78 is 42.9. The number of nitrogens with zero attached hydrogens (tertiary/aromatic N) is 1. The lowest BCUT2D eigenvalue weighted by Gasteiger charge is -2.09. The highest BCUT2D eigenvalue weighted by Crippen LogP contribution is 2.31. The SMILES string of the molecule is C/C=C\CCCC.CC.CC(CNC=O)O[N+](=O)[O-].FC(F)(F)c1cccc(OCC/C=C/C2CCCC2)c1. The van der Waals surface area contributed by atoms with E-state index in [2.05, 4.69) is 48.3 Å². The highest BCUT2D eigenvalue weighted by Gasteiger charge is 2.30. The summed E-state index contributed by atoms with van der Waals surface area (Å²) >= 11 is 0. The summed E-state index contributed by atoms with van der Waals surface area (Å²) in [6, 6.07) is 5.01. The molecule has 10 heteroatoms. The molecule has 1 aliphatic rings. The highest BCUT2D eigenvalue weighted by atomic mass is 19.4. The maximum Gasteiger partial charge on any atom is 0.416 e. The fourth-order valence-electron chi connectivity index (χ4n) is 3.33. The molecule has 7 nitrogen and oxygen atoms in total. The number of rotatable bonds is 13. The maximum atomic E-state index is 12.5. The van der Waals surface area contributed by atoms with Crippen LogP contribution < -0.4 is 10.1 Å². The second-order valence-electron chi connectivity index (χ2n) is 8.51. The number of hydrogen-bond acceptors (Lipinski definition) is 5. The van der Waals surface area contributed by atoms with Crippen LogP contribution in [0.2, 0.25) is 0 Å². The summed E-state index contributed by atoms with van der Waals surface area (Å²) in [5.74, 6) is 0.956. The van der Waals surface area contributed by atoms with Crippen molar-refractivity contribution in [3.63, 3.8) is 0 Å². The maximum absolute atomic E-state index is 12.5. The fourth-order valence-corrected chi connectivity index (χ4v) is 3.33. The van der Waals surface area contributed by atoms with E-state index in [1.807, 2.05) is 13.8 Å². The smallest absolute Gasteiger partial charge is 0.416 e. The minimum atomic E-state index is -4.32. The molecule has 0 aromatic heterocycles. The Kier molecular flexibility index (Phi) is 24.7. The Morgan fingerprint density at radius 2 is 1.85 bits per heavy atom. The number of carbonyl (C=O) groups is 1. The van der Waals surface area contributed by atoms with Gasteiger partial charge >= 0.3 is 6.18 Å². The predicted molar refractivity (Wildman–Crippen MR) is 150 cm³/mol. The van der Waals surface area contributed by atoms with Crippen LogP contribution in [-0.2, 0) is 15.8 Å². The van der Waals surface area contributed by atoms with Gasteiger partial charge in [-0.15, -0.1) is 10.1 Å². The Labute approximate surface area is 231 Å². The minimum Gasteiger partial charge on any atom is -0.493 e. The molecule has 1 saturated carbocycles. The van der Waals surface area contributed by atoms with E-state index in [1.165, 1.54) is 57.9 Å². The van der Waals surface area contributed by atoms with Crippen molar-refractivity contribution in [3.8, 4) is 5.75 Å². The lowest BCUT2D eigenvalue weighted by molar-refractivity contribution is -0.767. The molecule has 1 amide bonds. The van der Waals surface area contributed by atoms with Crippen molar-refractivity contribution < 1.29 is 32.6 Å². The number of hydrogen-bond donors (Lipinski definition) is 1. The number of halogens is 3. The molecule has 1 atom stereocenters. The van der Waals surface area contributed by atoms with E-state index in [9.17, 15) is 28.1 Å². The first kappa shape index (κ1) is 38.1. The first-order valence-electron chi connectivity index (χ1n) is 13.7. The zero-order valence-electron chi connectivity index (χ0n) is 24.0. The number of nitrogens with one attached hydrogen (secondary N) is 1. The van der Waals surface area contributed by atoms with E-state index >= 15 is 0 Å². The van der Waals surface area contributed by atoms with Gasteiger partial charge in [0.2, 0.25) is 6.41 Å². The van der Waals surface area contributed by atoms with Crippen molar-refractivity contribution in [2.24, 2.45) is 5.92 Å². The molecule has 0 bridgehead atoms. The largest absolute Gasteiger partial charge is 0.493 e. The lowest BCUT2D eigenvalue weighted by Crippen LogP contribution is -2.27. The van der Waals surface area contributed by atoms with E-state index in [0.717, 1.165) is 18.6 Å². The third-order valence-electron chi connectivity index (χ3n) is 5.24.